The van der Waals surface area contributed by atoms with Crippen molar-refractivity contribution in [1.82, 2.24) is 0 Å². The van der Waals surface area contributed by atoms with Crippen molar-refractivity contribution in [2.24, 2.45) is 0 Å². The molecule has 360 valence electrons. The lowest BCUT2D eigenvalue weighted by atomic mass is 10.3. The molecule has 0 N–H and O–H groups in total. The Bertz CT molecular complexity index is 1530. The van der Waals surface area contributed by atoms with E-state index in [0.717, 1.165) is 49.9 Å². The van der Waals surface area contributed by atoms with Gasteiger partial charge < -0.3 is 35.4 Å². The first kappa shape index (κ1) is 55.2. The monoisotopic (exact) mass is 977 g/mol. The van der Waals surface area contributed by atoms with E-state index >= 15 is 0 Å². The predicted octanol–water partition coefficient (Wildman–Crippen LogP) is 10.7. The van der Waals surface area contributed by atoms with E-state index in [2.05, 4.69) is 121 Å². The highest BCUT2D eigenvalue weighted by Gasteiger charge is 2.41. The average molecular weight is 978 g/mol. The molecule has 0 bridgehead atoms. The van der Waals surface area contributed by atoms with Gasteiger partial charge >= 0.3 is 34.2 Å². The Labute approximate surface area is 400 Å². The molecule has 0 amide bonds. The smallest absolute Gasteiger partial charge is 0.371 e. The van der Waals surface area contributed by atoms with Crippen LogP contribution in [0.2, 0.25) is 48.4 Å². The molecule has 4 aromatic carbocycles. The van der Waals surface area contributed by atoms with Gasteiger partial charge in [-0.05, 0) is 44.9 Å². The van der Waals surface area contributed by atoms with Crippen molar-refractivity contribution in [2.75, 3.05) is 56.9 Å². The molecule has 4 aromatic rings. The molecule has 0 fully saturated rings. The number of unbranched alkanes of at least 4 members (excludes halogenated alkanes) is 8. The van der Waals surface area contributed by atoms with Gasteiger partial charge in [0.2, 0.25) is 0 Å². The molecular formula is C52H84O8Si5. The van der Waals surface area contributed by atoms with E-state index in [4.69, 9.17) is 35.4 Å². The van der Waals surface area contributed by atoms with Crippen LogP contribution >= 0.6 is 0 Å². The van der Waals surface area contributed by atoms with Crippen LogP contribution < -0.4 is 20.7 Å². The van der Waals surface area contributed by atoms with Gasteiger partial charge in [0.15, 0.2) is 0 Å². The first-order chi connectivity index (χ1) is 31.7. The Kier molecular flexibility index (Phi) is 25.1. The fourth-order valence-electron chi connectivity index (χ4n) is 10.3. The summed E-state index contributed by atoms with van der Waals surface area (Å²) in [6.07, 6.45) is 14.4. The Morgan fingerprint density at radius 2 is 0.400 bits per heavy atom. The lowest BCUT2D eigenvalue weighted by Crippen LogP contribution is -2.52. The third-order valence-electron chi connectivity index (χ3n) is 14.3. The number of rotatable bonds is 36. The summed E-state index contributed by atoms with van der Waals surface area (Å²) in [6, 6.07) is 52.0. The van der Waals surface area contributed by atoms with Crippen LogP contribution in [0.4, 0.5) is 0 Å². The van der Waals surface area contributed by atoms with Crippen molar-refractivity contribution < 1.29 is 35.4 Å². The van der Waals surface area contributed by atoms with E-state index in [1.54, 1.807) is 0 Å². The van der Waals surface area contributed by atoms with E-state index in [1.807, 2.05) is 56.9 Å². The first-order valence-corrected chi connectivity index (χ1v) is 35.3. The highest BCUT2D eigenvalue weighted by Crippen LogP contribution is 2.36. The summed E-state index contributed by atoms with van der Waals surface area (Å²) >= 11 is 0. The molecule has 0 heterocycles. The maximum Gasteiger partial charge on any atom is 0.371 e. The van der Waals surface area contributed by atoms with Gasteiger partial charge in [0, 0.05) is 56.9 Å². The molecule has 0 radical (unpaired) electrons. The van der Waals surface area contributed by atoms with E-state index < -0.39 is 42.3 Å². The third kappa shape index (κ3) is 15.8. The van der Waals surface area contributed by atoms with Gasteiger partial charge in [-0.3, -0.25) is 0 Å². The van der Waals surface area contributed by atoms with Gasteiger partial charge in [0.25, 0.3) is 0 Å². The zero-order valence-corrected chi connectivity index (χ0v) is 46.5. The molecule has 0 aliphatic heterocycles. The maximum absolute atomic E-state index is 6.23. The van der Waals surface area contributed by atoms with E-state index in [9.17, 15) is 0 Å². The minimum absolute atomic E-state index is 0.975. The van der Waals surface area contributed by atoms with Crippen molar-refractivity contribution in [3.63, 3.8) is 0 Å². The second kappa shape index (κ2) is 29.5. The van der Waals surface area contributed by atoms with Crippen molar-refractivity contribution >= 4 is 63.1 Å². The van der Waals surface area contributed by atoms with Crippen molar-refractivity contribution in [3.05, 3.63) is 121 Å². The van der Waals surface area contributed by atoms with Crippen LogP contribution in [0.1, 0.15) is 77.0 Å². The highest BCUT2D eigenvalue weighted by atomic mass is 28.4. The summed E-state index contributed by atoms with van der Waals surface area (Å²) in [5.74, 6) is 0. The quantitative estimate of drug-likeness (QED) is 0.0330. The topological polar surface area (TPSA) is 73.8 Å². The van der Waals surface area contributed by atoms with E-state index in [1.165, 1.54) is 96.3 Å². The maximum atomic E-state index is 6.23. The molecule has 13 heteroatoms. The van der Waals surface area contributed by atoms with Crippen LogP contribution in [0, 0.1) is 0 Å². The molecule has 0 aliphatic carbocycles. The first-order valence-electron chi connectivity index (χ1n) is 24.4. The molecule has 0 spiro atoms. The van der Waals surface area contributed by atoms with E-state index in [0.29, 0.717) is 0 Å². The summed E-state index contributed by atoms with van der Waals surface area (Å²) in [4.78, 5) is 0. The summed E-state index contributed by atoms with van der Waals surface area (Å²) < 4.78 is 49.9. The van der Waals surface area contributed by atoms with Crippen LogP contribution in [0.25, 0.3) is 0 Å². The minimum Gasteiger partial charge on any atom is -0.394 e. The van der Waals surface area contributed by atoms with Crippen LogP contribution in [-0.4, -0.2) is 99.2 Å². The Morgan fingerprint density at radius 1 is 0.231 bits per heavy atom. The van der Waals surface area contributed by atoms with Gasteiger partial charge in [0.05, 0.1) is 8.07 Å². The highest BCUT2D eigenvalue weighted by molar-refractivity contribution is 6.82. The second-order valence-corrected chi connectivity index (χ2v) is 36.5. The molecule has 0 aliphatic rings. The normalized spacial score (nSPS) is 12.8. The third-order valence-corrected chi connectivity index (χ3v) is 34.2. The Balaban J connectivity index is 1.51. The lowest BCUT2D eigenvalue weighted by molar-refractivity contribution is 0.255. The second-order valence-electron chi connectivity index (χ2n) is 17.9. The van der Waals surface area contributed by atoms with Crippen molar-refractivity contribution in [1.29, 1.82) is 0 Å². The lowest BCUT2D eigenvalue weighted by Gasteiger charge is -2.34. The molecule has 0 unspecified atom stereocenters. The zero-order valence-electron chi connectivity index (χ0n) is 41.5. The SMILES string of the molecule is CO[Si](CCCCC[Si](CCCCC[Si](OC)(OC)c1ccccc1)(CCCCC[Si](OC)(OC)c1ccccc1)CCCCC[Si](OC)(OC)c1ccccc1)(OC)c1ccccc1. The summed E-state index contributed by atoms with van der Waals surface area (Å²) in [7, 11) is 3.05. The van der Waals surface area contributed by atoms with Crippen LogP contribution in [0.15, 0.2) is 121 Å². The van der Waals surface area contributed by atoms with Gasteiger partial charge in [-0.2, -0.15) is 0 Å². The van der Waals surface area contributed by atoms with E-state index in [-0.39, 0.29) is 0 Å². The van der Waals surface area contributed by atoms with Crippen LogP contribution in [-0.2, 0) is 35.4 Å². The Hall–Kier alpha value is -2.36. The molecule has 65 heavy (non-hydrogen) atoms. The average Bonchev–Trinajstić information content (AvgIpc) is 3.37. The van der Waals surface area contributed by atoms with Gasteiger partial charge in [-0.1, -0.05) is 223 Å². The molecule has 0 atom stereocenters. The summed E-state index contributed by atoms with van der Waals surface area (Å²) in [6.45, 7) is 0. The van der Waals surface area contributed by atoms with Gasteiger partial charge in [-0.25, -0.2) is 0 Å². The fraction of sp³-hybridized carbons (Fsp3) is 0.538. The standard InChI is InChI=1S/C52H84O8Si5/c1-53-62(54-2,49-33-17-9-18-34-49)45-29-13-25-41-61(42-26-14-30-46-63(55-3,56-4)50-35-19-10-20-36-50,43-27-15-31-47-64(57-5,58-6)51-37-21-11-22-38-51)44-28-16-32-48-65(59-7,60-8)52-39-23-12-24-40-52/h9-12,17-24,33-40H,13-16,25-32,41-48H2,1-8H3. The molecular weight excluding hydrogens is 893 g/mol. The predicted molar refractivity (Wildman–Crippen MR) is 283 cm³/mol. The molecule has 0 saturated carbocycles. The number of hydrogen-bond acceptors (Lipinski definition) is 8. The number of hydrogen-bond donors (Lipinski definition) is 0. The van der Waals surface area contributed by atoms with Crippen molar-refractivity contribution in [2.45, 2.75) is 125 Å². The fourth-order valence-corrected chi connectivity index (χ4v) is 26.8. The van der Waals surface area contributed by atoms with Gasteiger partial charge in [-0.15, -0.1) is 0 Å². The molecule has 4 rings (SSSR count). The van der Waals surface area contributed by atoms with Crippen LogP contribution in [0.3, 0.4) is 0 Å². The molecule has 0 aromatic heterocycles. The van der Waals surface area contributed by atoms with Crippen LogP contribution in [0.5, 0.6) is 0 Å². The summed E-state index contributed by atoms with van der Waals surface area (Å²) in [5.41, 5.74) is 0. The Morgan fingerprint density at radius 3 is 0.569 bits per heavy atom. The minimum atomic E-state index is -2.49. The molecule has 8 nitrogen and oxygen atoms in total. The largest absolute Gasteiger partial charge is 0.394 e. The van der Waals surface area contributed by atoms with Crippen molar-refractivity contribution in [3.8, 4) is 0 Å². The van der Waals surface area contributed by atoms with Gasteiger partial charge in [0.1, 0.15) is 0 Å². The zero-order chi connectivity index (χ0) is 46.8. The number of benzene rings is 4. The molecule has 0 saturated heterocycles. The summed E-state index contributed by atoms with van der Waals surface area (Å²) in [5, 5.41) is 4.88.